The van der Waals surface area contributed by atoms with Gasteiger partial charge in [-0.05, 0) is 44.2 Å². The van der Waals surface area contributed by atoms with Gasteiger partial charge in [-0.2, -0.15) is 5.10 Å². The summed E-state index contributed by atoms with van der Waals surface area (Å²) in [5, 5.41) is 4.34. The molecule has 1 amide bonds. The Morgan fingerprint density at radius 1 is 1.21 bits per heavy atom. The summed E-state index contributed by atoms with van der Waals surface area (Å²) in [6, 6.07) is 3.48. The Labute approximate surface area is 222 Å². The minimum absolute atomic E-state index is 0.0509. The number of nitrogens with zero attached hydrogens (tertiary/aromatic N) is 5. The molecule has 1 aliphatic carbocycles. The maximum atomic E-state index is 13.2. The lowest BCUT2D eigenvalue weighted by atomic mass is 9.87. The number of piperidine rings is 1. The molecule has 0 unspecified atom stereocenters. The van der Waals surface area contributed by atoms with Crippen LogP contribution in [0, 0.1) is 5.92 Å². The van der Waals surface area contributed by atoms with Gasteiger partial charge in [-0.1, -0.05) is 6.92 Å². The van der Waals surface area contributed by atoms with Gasteiger partial charge in [0.1, 0.15) is 6.61 Å². The summed E-state index contributed by atoms with van der Waals surface area (Å²) in [5.41, 5.74) is 4.13. The first-order valence-corrected chi connectivity index (χ1v) is 13.3. The Morgan fingerprint density at radius 3 is 2.66 bits per heavy atom. The fourth-order valence-electron chi connectivity index (χ4n) is 5.23. The quantitative estimate of drug-likeness (QED) is 0.436. The minimum atomic E-state index is -2.71. The summed E-state index contributed by atoms with van der Waals surface area (Å²) < 4.78 is 38.6. The third kappa shape index (κ3) is 6.24. The minimum Gasteiger partial charge on any atom is -0.466 e. The van der Waals surface area contributed by atoms with Crippen molar-refractivity contribution in [3.8, 4) is 11.3 Å². The molecule has 2 aromatic heterocycles. The smallest absolute Gasteiger partial charge is 0.410 e. The normalized spacial score (nSPS) is 19.1. The van der Waals surface area contributed by atoms with Crippen molar-refractivity contribution in [3.63, 3.8) is 0 Å². The van der Waals surface area contributed by atoms with Crippen molar-refractivity contribution in [2.24, 2.45) is 13.0 Å². The number of ether oxygens (including phenoxy) is 2. The van der Waals surface area contributed by atoms with Crippen LogP contribution in [0.25, 0.3) is 11.3 Å². The van der Waals surface area contributed by atoms with Gasteiger partial charge in [-0.3, -0.25) is 14.5 Å². The lowest BCUT2D eigenvalue weighted by Crippen LogP contribution is -2.51. The number of carbonyl (C=O) groups is 2. The molecule has 3 heterocycles. The fourth-order valence-corrected chi connectivity index (χ4v) is 5.23. The molecular weight excluding hydrogens is 496 g/mol. The van der Waals surface area contributed by atoms with E-state index in [1.807, 2.05) is 13.0 Å². The standard InChI is InChI=1S/C27H37F2N5O4/c1-5-21-23(34-11-7-8-18(16-34)12-25(35)37-6-2)10-9-22(31-21)20-15-30-33(4)24(20)17-38-26(36)32(3)19-13-27(28,29)14-19/h9-10,15,18-19H,5-8,11-14,16-17H2,1-4H3/t18-/m1/s1. The van der Waals surface area contributed by atoms with Crippen LogP contribution in [-0.2, 0) is 34.3 Å². The number of hydrogen-bond donors (Lipinski definition) is 0. The van der Waals surface area contributed by atoms with E-state index in [2.05, 4.69) is 23.0 Å². The summed E-state index contributed by atoms with van der Waals surface area (Å²) >= 11 is 0. The molecule has 1 atom stereocenters. The topological polar surface area (TPSA) is 89.8 Å². The van der Waals surface area contributed by atoms with Crippen LogP contribution >= 0.6 is 0 Å². The predicted octanol–water partition coefficient (Wildman–Crippen LogP) is 4.58. The molecule has 1 saturated heterocycles. The van der Waals surface area contributed by atoms with Crippen LogP contribution < -0.4 is 4.90 Å². The van der Waals surface area contributed by atoms with E-state index in [1.54, 1.807) is 17.9 Å². The molecule has 0 spiro atoms. The van der Waals surface area contributed by atoms with E-state index in [0.29, 0.717) is 18.7 Å². The Morgan fingerprint density at radius 2 is 1.97 bits per heavy atom. The SMILES string of the molecule is CCOC(=O)C[C@H]1CCCN(c2ccc(-c3cnn(C)c3COC(=O)N(C)C3CC(F)(F)C3)nc2CC)C1. The molecule has 1 saturated carbocycles. The number of rotatable bonds is 9. The van der Waals surface area contributed by atoms with Gasteiger partial charge >= 0.3 is 12.1 Å². The van der Waals surface area contributed by atoms with Crippen molar-refractivity contribution in [1.29, 1.82) is 0 Å². The van der Waals surface area contributed by atoms with Crippen LogP contribution in [0.1, 0.15) is 57.3 Å². The van der Waals surface area contributed by atoms with Crippen LogP contribution in [0.5, 0.6) is 0 Å². The highest BCUT2D eigenvalue weighted by Crippen LogP contribution is 2.40. The summed E-state index contributed by atoms with van der Waals surface area (Å²) in [6.45, 7) is 5.91. The number of halogens is 2. The molecule has 0 radical (unpaired) electrons. The van der Waals surface area contributed by atoms with Crippen molar-refractivity contribution in [3.05, 3.63) is 29.7 Å². The second-order valence-corrected chi connectivity index (χ2v) is 10.2. The van der Waals surface area contributed by atoms with Gasteiger partial charge in [0, 0.05) is 51.6 Å². The molecule has 0 N–H and O–H groups in total. The van der Waals surface area contributed by atoms with Gasteiger partial charge in [-0.25, -0.2) is 13.6 Å². The van der Waals surface area contributed by atoms with E-state index in [4.69, 9.17) is 14.5 Å². The number of hydrogen-bond acceptors (Lipinski definition) is 7. The second-order valence-electron chi connectivity index (χ2n) is 10.2. The monoisotopic (exact) mass is 533 g/mol. The molecule has 0 aromatic carbocycles. The highest BCUT2D eigenvalue weighted by atomic mass is 19.3. The van der Waals surface area contributed by atoms with E-state index in [0.717, 1.165) is 55.0 Å². The first kappa shape index (κ1) is 27.8. The van der Waals surface area contributed by atoms with Crippen molar-refractivity contribution in [1.82, 2.24) is 19.7 Å². The van der Waals surface area contributed by atoms with Gasteiger partial charge in [0.2, 0.25) is 0 Å². The van der Waals surface area contributed by atoms with Crippen LogP contribution in [-0.4, -0.2) is 70.4 Å². The predicted molar refractivity (Wildman–Crippen MR) is 138 cm³/mol. The average molecular weight is 534 g/mol. The molecule has 1 aliphatic heterocycles. The van der Waals surface area contributed by atoms with Crippen LogP contribution in [0.2, 0.25) is 0 Å². The van der Waals surface area contributed by atoms with E-state index in [1.165, 1.54) is 11.9 Å². The Balaban J connectivity index is 1.45. The number of aromatic nitrogens is 3. The second kappa shape index (κ2) is 11.7. The van der Waals surface area contributed by atoms with Crippen LogP contribution in [0.4, 0.5) is 19.3 Å². The van der Waals surface area contributed by atoms with Crippen molar-refractivity contribution in [2.45, 2.75) is 70.9 Å². The highest BCUT2D eigenvalue weighted by Gasteiger charge is 2.48. The molecule has 9 nitrogen and oxygen atoms in total. The molecule has 2 aromatic rings. The van der Waals surface area contributed by atoms with Crippen molar-refractivity contribution in [2.75, 3.05) is 31.6 Å². The van der Waals surface area contributed by atoms with Crippen molar-refractivity contribution >= 4 is 17.7 Å². The van der Waals surface area contributed by atoms with Crippen molar-refractivity contribution < 1.29 is 27.8 Å². The molecule has 11 heteroatoms. The molecule has 2 fully saturated rings. The summed E-state index contributed by atoms with van der Waals surface area (Å²) in [7, 11) is 3.24. The molecule has 2 aliphatic rings. The number of aryl methyl sites for hydroxylation is 2. The van der Waals surface area contributed by atoms with Gasteiger partial charge in [0.15, 0.2) is 0 Å². The first-order valence-electron chi connectivity index (χ1n) is 13.3. The van der Waals surface area contributed by atoms with Gasteiger partial charge < -0.3 is 19.3 Å². The number of alkyl halides is 2. The molecule has 4 rings (SSSR count). The van der Waals surface area contributed by atoms with Crippen LogP contribution in [0.15, 0.2) is 18.3 Å². The summed E-state index contributed by atoms with van der Waals surface area (Å²) in [4.78, 5) is 32.9. The average Bonchev–Trinajstić information content (AvgIpc) is 3.25. The van der Waals surface area contributed by atoms with E-state index < -0.39 is 18.1 Å². The first-order chi connectivity index (χ1) is 18.1. The lowest BCUT2D eigenvalue weighted by Gasteiger charge is -2.40. The zero-order chi connectivity index (χ0) is 27.4. The number of amides is 1. The summed E-state index contributed by atoms with van der Waals surface area (Å²) in [5.74, 6) is -2.61. The Bertz CT molecular complexity index is 1150. The zero-order valence-corrected chi connectivity index (χ0v) is 22.6. The number of pyridine rings is 1. The maximum Gasteiger partial charge on any atom is 0.410 e. The van der Waals surface area contributed by atoms with E-state index in [9.17, 15) is 18.4 Å². The summed E-state index contributed by atoms with van der Waals surface area (Å²) in [6.07, 6.45) is 3.52. The zero-order valence-electron chi connectivity index (χ0n) is 22.6. The van der Waals surface area contributed by atoms with E-state index in [-0.39, 0.29) is 31.3 Å². The van der Waals surface area contributed by atoms with Crippen LogP contribution in [0.3, 0.4) is 0 Å². The molecular formula is C27H37F2N5O4. The van der Waals surface area contributed by atoms with Gasteiger partial charge in [0.05, 0.1) is 42.0 Å². The highest BCUT2D eigenvalue weighted by molar-refractivity contribution is 5.70. The Kier molecular flexibility index (Phi) is 8.52. The maximum absolute atomic E-state index is 13.2. The Hall–Kier alpha value is -3.24. The molecule has 208 valence electrons. The third-order valence-corrected chi connectivity index (χ3v) is 7.48. The third-order valence-electron chi connectivity index (χ3n) is 7.48. The molecule has 38 heavy (non-hydrogen) atoms. The number of carbonyl (C=O) groups excluding carboxylic acids is 2. The number of esters is 1. The number of anilines is 1. The fraction of sp³-hybridized carbons (Fsp3) is 0.630. The lowest BCUT2D eigenvalue weighted by molar-refractivity contribution is -0.144. The molecule has 0 bridgehead atoms. The van der Waals surface area contributed by atoms with E-state index >= 15 is 0 Å². The van der Waals surface area contributed by atoms with Gasteiger partial charge in [-0.15, -0.1) is 0 Å². The largest absolute Gasteiger partial charge is 0.466 e. The van der Waals surface area contributed by atoms with Gasteiger partial charge in [0.25, 0.3) is 5.92 Å².